The normalized spacial score (nSPS) is 17.7. The lowest BCUT2D eigenvalue weighted by atomic mass is 10.0. The van der Waals surface area contributed by atoms with E-state index in [0.717, 1.165) is 18.4 Å². The lowest BCUT2D eigenvalue weighted by Crippen LogP contribution is -2.55. The smallest absolute Gasteiger partial charge is 0.410 e. The summed E-state index contributed by atoms with van der Waals surface area (Å²) in [5, 5.41) is 0. The van der Waals surface area contributed by atoms with Gasteiger partial charge < -0.3 is 9.64 Å². The molecule has 1 saturated heterocycles. The van der Waals surface area contributed by atoms with Gasteiger partial charge in [0, 0.05) is 19.1 Å². The highest BCUT2D eigenvalue weighted by molar-refractivity contribution is 5.86. The zero-order valence-corrected chi connectivity index (χ0v) is 17.0. The van der Waals surface area contributed by atoms with Gasteiger partial charge in [-0.25, -0.2) is 9.18 Å². The van der Waals surface area contributed by atoms with Crippen molar-refractivity contribution in [2.24, 2.45) is 0 Å². The van der Waals surface area contributed by atoms with E-state index in [1.54, 1.807) is 21.9 Å². The summed E-state index contributed by atoms with van der Waals surface area (Å²) in [5.41, 5.74) is 0.123. The number of piperidine rings is 1. The molecule has 0 aliphatic carbocycles. The molecule has 27 heavy (non-hydrogen) atoms. The fourth-order valence-electron chi connectivity index (χ4n) is 3.27. The maximum atomic E-state index is 13.5. The minimum absolute atomic E-state index is 0.0665. The Hall–Kier alpha value is -2.11. The lowest BCUT2D eigenvalue weighted by Gasteiger charge is -2.39. The molecule has 1 fully saturated rings. The maximum Gasteiger partial charge on any atom is 0.410 e. The van der Waals surface area contributed by atoms with Crippen molar-refractivity contribution in [1.29, 1.82) is 0 Å². The standard InChI is InChI=1S/C21H31FN2O3/c1-15(2)24(14-16-9-8-10-17(22)13-16)19(25)18-11-6-7-12-23(18)20(26)27-21(3,4)5/h8-10,13,15,18H,6-7,11-12,14H2,1-5H3/t18-/m0/s1. The highest BCUT2D eigenvalue weighted by Gasteiger charge is 2.37. The Morgan fingerprint density at radius 1 is 1.30 bits per heavy atom. The molecule has 1 aliphatic heterocycles. The monoisotopic (exact) mass is 378 g/mol. The summed E-state index contributed by atoms with van der Waals surface area (Å²) in [4.78, 5) is 29.2. The number of nitrogens with zero attached hydrogens (tertiary/aromatic N) is 2. The van der Waals surface area contributed by atoms with Gasteiger partial charge in [-0.2, -0.15) is 0 Å². The van der Waals surface area contributed by atoms with E-state index in [0.29, 0.717) is 19.5 Å². The second-order valence-electron chi connectivity index (χ2n) is 8.38. The quantitative estimate of drug-likeness (QED) is 0.782. The van der Waals surface area contributed by atoms with Crippen LogP contribution in [0.25, 0.3) is 0 Å². The topological polar surface area (TPSA) is 49.9 Å². The Morgan fingerprint density at radius 3 is 2.59 bits per heavy atom. The van der Waals surface area contributed by atoms with E-state index >= 15 is 0 Å². The molecular formula is C21H31FN2O3. The van der Waals surface area contributed by atoms with E-state index in [2.05, 4.69) is 0 Å². The van der Waals surface area contributed by atoms with Gasteiger partial charge in [-0.15, -0.1) is 0 Å². The molecule has 1 aromatic carbocycles. The van der Waals surface area contributed by atoms with Crippen LogP contribution in [-0.2, 0) is 16.1 Å². The SMILES string of the molecule is CC(C)N(Cc1cccc(F)c1)C(=O)[C@@H]1CCCCN1C(=O)OC(C)(C)C. The first-order chi connectivity index (χ1) is 12.6. The van der Waals surface area contributed by atoms with Crippen LogP contribution in [0.5, 0.6) is 0 Å². The van der Waals surface area contributed by atoms with Gasteiger partial charge in [-0.05, 0) is 71.6 Å². The third-order valence-electron chi connectivity index (χ3n) is 4.56. The van der Waals surface area contributed by atoms with Crippen molar-refractivity contribution in [3.8, 4) is 0 Å². The van der Waals surface area contributed by atoms with Gasteiger partial charge in [0.15, 0.2) is 0 Å². The van der Waals surface area contributed by atoms with Crippen molar-refractivity contribution in [3.05, 3.63) is 35.6 Å². The number of rotatable bonds is 4. The predicted octanol–water partition coefficient (Wildman–Crippen LogP) is 4.35. The Morgan fingerprint density at radius 2 is 2.00 bits per heavy atom. The molecule has 1 aliphatic rings. The van der Waals surface area contributed by atoms with Crippen LogP contribution in [0.3, 0.4) is 0 Å². The van der Waals surface area contributed by atoms with Crippen LogP contribution in [0.4, 0.5) is 9.18 Å². The fourth-order valence-corrected chi connectivity index (χ4v) is 3.27. The molecule has 2 amide bonds. The minimum atomic E-state index is -0.610. The average Bonchev–Trinajstić information content (AvgIpc) is 2.57. The summed E-state index contributed by atoms with van der Waals surface area (Å²) in [6, 6.07) is 5.66. The maximum absolute atomic E-state index is 13.5. The van der Waals surface area contributed by atoms with E-state index in [4.69, 9.17) is 4.74 Å². The minimum Gasteiger partial charge on any atom is -0.444 e. The van der Waals surface area contributed by atoms with E-state index < -0.39 is 17.7 Å². The summed E-state index contributed by atoms with van der Waals surface area (Å²) in [6.45, 7) is 10.1. The zero-order valence-electron chi connectivity index (χ0n) is 17.0. The van der Waals surface area contributed by atoms with Crippen LogP contribution in [0.2, 0.25) is 0 Å². The van der Waals surface area contributed by atoms with Crippen molar-refractivity contribution in [3.63, 3.8) is 0 Å². The fraction of sp³-hybridized carbons (Fsp3) is 0.619. The summed E-state index contributed by atoms with van der Waals surface area (Å²) in [7, 11) is 0. The van der Waals surface area contributed by atoms with E-state index in [1.807, 2.05) is 34.6 Å². The van der Waals surface area contributed by atoms with Crippen molar-refractivity contribution in [2.75, 3.05) is 6.54 Å². The lowest BCUT2D eigenvalue weighted by molar-refractivity contribution is -0.140. The molecule has 0 spiro atoms. The van der Waals surface area contributed by atoms with Crippen LogP contribution in [0, 0.1) is 5.82 Å². The van der Waals surface area contributed by atoms with Crippen molar-refractivity contribution in [1.82, 2.24) is 9.80 Å². The average molecular weight is 378 g/mol. The Kier molecular flexibility index (Phi) is 6.84. The molecule has 1 atom stereocenters. The number of likely N-dealkylation sites (tertiary alicyclic amines) is 1. The number of carbonyl (C=O) groups excluding carboxylic acids is 2. The molecule has 0 unspecified atom stereocenters. The molecular weight excluding hydrogens is 347 g/mol. The van der Waals surface area contributed by atoms with Gasteiger partial charge in [0.1, 0.15) is 17.5 Å². The molecule has 6 heteroatoms. The first-order valence-corrected chi connectivity index (χ1v) is 9.63. The van der Waals surface area contributed by atoms with Gasteiger partial charge in [0.25, 0.3) is 0 Å². The highest BCUT2D eigenvalue weighted by atomic mass is 19.1. The van der Waals surface area contributed by atoms with Crippen LogP contribution < -0.4 is 0 Å². The summed E-state index contributed by atoms with van der Waals surface area (Å²) < 4.78 is 19.0. The van der Waals surface area contributed by atoms with Gasteiger partial charge in [0.2, 0.25) is 5.91 Å². The number of ether oxygens (including phenoxy) is 1. The number of carbonyl (C=O) groups is 2. The molecule has 1 heterocycles. The molecule has 2 rings (SSSR count). The summed E-state index contributed by atoms with van der Waals surface area (Å²) in [5.74, 6) is -0.434. The predicted molar refractivity (Wildman–Crippen MR) is 103 cm³/mol. The second kappa shape index (κ2) is 8.72. The summed E-state index contributed by atoms with van der Waals surface area (Å²) in [6.07, 6.45) is 1.91. The molecule has 0 radical (unpaired) electrons. The van der Waals surface area contributed by atoms with Gasteiger partial charge >= 0.3 is 6.09 Å². The van der Waals surface area contributed by atoms with E-state index in [-0.39, 0.29) is 17.8 Å². The van der Waals surface area contributed by atoms with E-state index in [1.165, 1.54) is 12.1 Å². The first-order valence-electron chi connectivity index (χ1n) is 9.63. The first kappa shape index (κ1) is 21.2. The second-order valence-corrected chi connectivity index (χ2v) is 8.38. The number of benzene rings is 1. The molecule has 0 aromatic heterocycles. The number of hydrogen-bond donors (Lipinski definition) is 0. The number of hydrogen-bond acceptors (Lipinski definition) is 3. The third kappa shape index (κ3) is 5.94. The molecule has 0 saturated carbocycles. The van der Waals surface area contributed by atoms with Crippen LogP contribution >= 0.6 is 0 Å². The van der Waals surface area contributed by atoms with Crippen molar-refractivity contribution < 1.29 is 18.7 Å². The Labute approximate surface area is 161 Å². The molecule has 5 nitrogen and oxygen atoms in total. The summed E-state index contributed by atoms with van der Waals surface area (Å²) >= 11 is 0. The zero-order chi connectivity index (χ0) is 20.2. The highest BCUT2D eigenvalue weighted by Crippen LogP contribution is 2.24. The molecule has 150 valence electrons. The Balaban J connectivity index is 2.19. The van der Waals surface area contributed by atoms with E-state index in [9.17, 15) is 14.0 Å². The largest absolute Gasteiger partial charge is 0.444 e. The van der Waals surface area contributed by atoms with Crippen LogP contribution in [0.1, 0.15) is 59.4 Å². The van der Waals surface area contributed by atoms with Crippen LogP contribution in [0.15, 0.2) is 24.3 Å². The molecule has 0 N–H and O–H groups in total. The van der Waals surface area contributed by atoms with Gasteiger partial charge in [0.05, 0.1) is 0 Å². The van der Waals surface area contributed by atoms with Crippen molar-refractivity contribution >= 4 is 12.0 Å². The number of halogens is 1. The Bertz CT molecular complexity index is 670. The van der Waals surface area contributed by atoms with Crippen molar-refractivity contribution in [2.45, 2.75) is 78.1 Å². The molecule has 1 aromatic rings. The third-order valence-corrected chi connectivity index (χ3v) is 4.56. The van der Waals surface area contributed by atoms with Crippen LogP contribution in [-0.4, -0.2) is 46.0 Å². The van der Waals surface area contributed by atoms with Gasteiger partial charge in [-0.1, -0.05) is 12.1 Å². The molecule has 0 bridgehead atoms. The number of amides is 2. The van der Waals surface area contributed by atoms with Gasteiger partial charge in [-0.3, -0.25) is 9.69 Å².